The number of nitrogens with zero attached hydrogens (tertiary/aromatic N) is 4. The van der Waals surface area contributed by atoms with Crippen molar-refractivity contribution >= 4 is 11.5 Å². The van der Waals surface area contributed by atoms with E-state index >= 15 is 0 Å². The highest BCUT2D eigenvalue weighted by Crippen LogP contribution is 2.34. The number of piperidine rings is 1. The zero-order valence-corrected chi connectivity index (χ0v) is 15.6. The molecule has 3 aromatic rings. The largest absolute Gasteiger partial charge is 0.416 e. The molecule has 3 heterocycles. The third-order valence-electron chi connectivity index (χ3n) is 5.32. The summed E-state index contributed by atoms with van der Waals surface area (Å²) in [6.45, 7) is 3.65. The number of hydrogen-bond acceptors (Lipinski definition) is 4. The van der Waals surface area contributed by atoms with Gasteiger partial charge in [0.15, 0.2) is 5.65 Å². The van der Waals surface area contributed by atoms with E-state index in [-0.39, 0.29) is 5.92 Å². The molecule has 0 radical (unpaired) electrons. The molecule has 0 bridgehead atoms. The van der Waals surface area contributed by atoms with Gasteiger partial charge in [-0.2, -0.15) is 22.8 Å². The Morgan fingerprint density at radius 1 is 1.14 bits per heavy atom. The van der Waals surface area contributed by atoms with Crippen LogP contribution in [0.1, 0.15) is 41.3 Å². The number of aromatic nitrogens is 3. The topological polar surface area (TPSA) is 59.5 Å². The van der Waals surface area contributed by atoms with Crippen LogP contribution < -0.4 is 5.73 Å². The van der Waals surface area contributed by atoms with Crippen molar-refractivity contribution in [3.05, 3.63) is 58.9 Å². The Hall–Kier alpha value is -2.61. The Labute approximate surface area is 161 Å². The average Bonchev–Trinajstić information content (AvgIpc) is 3.03. The molecule has 2 N–H and O–H groups in total. The van der Waals surface area contributed by atoms with E-state index in [1.54, 1.807) is 16.6 Å². The van der Waals surface area contributed by atoms with Gasteiger partial charge in [-0.15, -0.1) is 0 Å². The maximum absolute atomic E-state index is 13.2. The summed E-state index contributed by atoms with van der Waals surface area (Å²) < 4.78 is 41.2. The molecule has 0 saturated carbocycles. The van der Waals surface area contributed by atoms with E-state index in [1.165, 1.54) is 6.07 Å². The average molecular weight is 389 g/mol. The maximum atomic E-state index is 13.2. The normalized spacial score (nSPS) is 16.7. The van der Waals surface area contributed by atoms with E-state index < -0.39 is 11.7 Å². The van der Waals surface area contributed by atoms with Gasteiger partial charge in [-0.1, -0.05) is 18.2 Å². The lowest BCUT2D eigenvalue weighted by Crippen LogP contribution is -2.33. The Balaban J connectivity index is 1.46. The number of fused-ring (bicyclic) bond motifs is 1. The molecule has 0 atom stereocenters. The fourth-order valence-electron chi connectivity index (χ4n) is 3.90. The lowest BCUT2D eigenvalue weighted by atomic mass is 9.92. The summed E-state index contributed by atoms with van der Waals surface area (Å²) in [4.78, 5) is 6.76. The summed E-state index contributed by atoms with van der Waals surface area (Å²) in [5, 5.41) is 4.31. The predicted molar refractivity (Wildman–Crippen MR) is 101 cm³/mol. The summed E-state index contributed by atoms with van der Waals surface area (Å²) >= 11 is 0. The van der Waals surface area contributed by atoms with Crippen molar-refractivity contribution in [1.29, 1.82) is 0 Å². The van der Waals surface area contributed by atoms with Crippen LogP contribution in [0.25, 0.3) is 5.65 Å². The van der Waals surface area contributed by atoms with Crippen LogP contribution >= 0.6 is 0 Å². The van der Waals surface area contributed by atoms with Gasteiger partial charge in [-0.3, -0.25) is 4.90 Å². The van der Waals surface area contributed by atoms with Gasteiger partial charge in [-0.25, -0.2) is 4.98 Å². The summed E-state index contributed by atoms with van der Waals surface area (Å²) in [5.41, 5.74) is 8.40. The molecule has 1 aliphatic rings. The molecule has 8 heteroatoms. The third-order valence-corrected chi connectivity index (χ3v) is 5.32. The Bertz CT molecular complexity index is 987. The van der Waals surface area contributed by atoms with Gasteiger partial charge in [0.25, 0.3) is 0 Å². The standard InChI is InChI=1S/C20H22F3N5/c1-13-10-19-25-17(11-18(24)28(19)26-13)14-6-8-27(9-7-14)12-15-4-2-3-5-16(15)20(21,22)23/h2-5,10-11,14H,6-9,12,24H2,1H3. The molecule has 0 spiro atoms. The van der Waals surface area contributed by atoms with E-state index in [9.17, 15) is 13.2 Å². The molecular weight excluding hydrogens is 367 g/mol. The highest BCUT2D eigenvalue weighted by Gasteiger charge is 2.33. The quantitative estimate of drug-likeness (QED) is 0.735. The van der Waals surface area contributed by atoms with E-state index in [1.807, 2.05) is 19.1 Å². The Morgan fingerprint density at radius 3 is 2.57 bits per heavy atom. The SMILES string of the molecule is Cc1cc2nc(C3CCN(Cc4ccccc4C(F)(F)F)CC3)cc(N)n2n1. The number of nitrogens with two attached hydrogens (primary N) is 1. The minimum atomic E-state index is -4.32. The van der Waals surface area contributed by atoms with Gasteiger partial charge in [-0.05, 0) is 44.5 Å². The molecule has 1 fully saturated rings. The number of alkyl halides is 3. The molecule has 1 aromatic carbocycles. The smallest absolute Gasteiger partial charge is 0.384 e. The van der Waals surface area contributed by atoms with Gasteiger partial charge >= 0.3 is 6.18 Å². The van der Waals surface area contributed by atoms with Gasteiger partial charge < -0.3 is 5.73 Å². The molecule has 0 aliphatic carbocycles. The second-order valence-electron chi connectivity index (χ2n) is 7.37. The number of hydrogen-bond donors (Lipinski definition) is 1. The van der Waals surface area contributed by atoms with Gasteiger partial charge in [0.2, 0.25) is 0 Å². The molecule has 0 amide bonds. The predicted octanol–water partition coefficient (Wildman–Crippen LogP) is 4.02. The molecular formula is C20H22F3N5. The van der Waals surface area contributed by atoms with Crippen LogP contribution in [0.15, 0.2) is 36.4 Å². The summed E-state index contributed by atoms with van der Waals surface area (Å²) in [6.07, 6.45) is -2.65. The van der Waals surface area contributed by atoms with Crippen LogP contribution in [0.5, 0.6) is 0 Å². The molecule has 4 rings (SSSR count). The van der Waals surface area contributed by atoms with Crippen molar-refractivity contribution in [2.75, 3.05) is 18.8 Å². The van der Waals surface area contributed by atoms with Crippen LogP contribution in [0.2, 0.25) is 0 Å². The monoisotopic (exact) mass is 389 g/mol. The molecule has 1 aliphatic heterocycles. The number of aryl methyl sites for hydroxylation is 1. The number of nitrogen functional groups attached to an aromatic ring is 1. The molecule has 1 saturated heterocycles. The van der Waals surface area contributed by atoms with Crippen molar-refractivity contribution in [1.82, 2.24) is 19.5 Å². The number of halogens is 3. The molecule has 148 valence electrons. The van der Waals surface area contributed by atoms with Crippen LogP contribution in [0.3, 0.4) is 0 Å². The lowest BCUT2D eigenvalue weighted by Gasteiger charge is -2.32. The first-order valence-corrected chi connectivity index (χ1v) is 9.31. The molecule has 2 aromatic heterocycles. The second kappa shape index (κ2) is 7.09. The molecule has 0 unspecified atom stereocenters. The first kappa shape index (κ1) is 18.7. The first-order valence-electron chi connectivity index (χ1n) is 9.31. The fraction of sp³-hybridized carbons (Fsp3) is 0.400. The highest BCUT2D eigenvalue weighted by molar-refractivity contribution is 5.48. The third kappa shape index (κ3) is 3.69. The van der Waals surface area contributed by atoms with Gasteiger partial charge in [0, 0.05) is 30.3 Å². The Kier molecular flexibility index (Phi) is 4.74. The number of benzene rings is 1. The number of rotatable bonds is 3. The lowest BCUT2D eigenvalue weighted by molar-refractivity contribution is -0.138. The maximum Gasteiger partial charge on any atom is 0.416 e. The van der Waals surface area contributed by atoms with Crippen LogP contribution in [-0.2, 0) is 12.7 Å². The van der Waals surface area contributed by atoms with Crippen LogP contribution in [0, 0.1) is 6.92 Å². The number of likely N-dealkylation sites (tertiary alicyclic amines) is 1. The van der Waals surface area contributed by atoms with E-state index in [0.717, 1.165) is 49.0 Å². The van der Waals surface area contributed by atoms with E-state index in [4.69, 9.17) is 5.73 Å². The minimum absolute atomic E-state index is 0.247. The zero-order valence-electron chi connectivity index (χ0n) is 15.6. The van der Waals surface area contributed by atoms with Crippen molar-refractivity contribution in [3.63, 3.8) is 0 Å². The molecule has 28 heavy (non-hydrogen) atoms. The highest BCUT2D eigenvalue weighted by atomic mass is 19.4. The summed E-state index contributed by atoms with van der Waals surface area (Å²) in [5.74, 6) is 0.797. The van der Waals surface area contributed by atoms with E-state index in [0.29, 0.717) is 17.9 Å². The van der Waals surface area contributed by atoms with E-state index in [2.05, 4.69) is 15.0 Å². The van der Waals surface area contributed by atoms with Crippen molar-refractivity contribution in [2.24, 2.45) is 0 Å². The van der Waals surface area contributed by atoms with Gasteiger partial charge in [0.05, 0.1) is 11.3 Å². The first-order chi connectivity index (χ1) is 13.3. The van der Waals surface area contributed by atoms with Gasteiger partial charge in [0.1, 0.15) is 5.82 Å². The number of anilines is 1. The molecule has 5 nitrogen and oxygen atoms in total. The van der Waals surface area contributed by atoms with Crippen molar-refractivity contribution in [2.45, 2.75) is 38.4 Å². The zero-order chi connectivity index (χ0) is 19.9. The fourth-order valence-corrected chi connectivity index (χ4v) is 3.90. The Morgan fingerprint density at radius 2 is 1.86 bits per heavy atom. The van der Waals surface area contributed by atoms with Crippen molar-refractivity contribution in [3.8, 4) is 0 Å². The summed E-state index contributed by atoms with van der Waals surface area (Å²) in [6, 6.07) is 9.56. The van der Waals surface area contributed by atoms with Crippen LogP contribution in [-0.4, -0.2) is 32.6 Å². The van der Waals surface area contributed by atoms with Crippen molar-refractivity contribution < 1.29 is 13.2 Å². The van der Waals surface area contributed by atoms with Crippen LogP contribution in [0.4, 0.5) is 19.0 Å². The summed E-state index contributed by atoms with van der Waals surface area (Å²) in [7, 11) is 0. The minimum Gasteiger partial charge on any atom is -0.384 e. The second-order valence-corrected chi connectivity index (χ2v) is 7.37.